The molecule has 3 nitrogen and oxygen atoms in total. The summed E-state index contributed by atoms with van der Waals surface area (Å²) in [5.41, 5.74) is 1.96. The number of hydrogen-bond donors (Lipinski definition) is 0. The van der Waals surface area contributed by atoms with Crippen LogP contribution in [0.1, 0.15) is 35.2 Å². The molecule has 0 bridgehead atoms. The van der Waals surface area contributed by atoms with Gasteiger partial charge in [0, 0.05) is 31.7 Å². The summed E-state index contributed by atoms with van der Waals surface area (Å²) < 4.78 is 5.61. The van der Waals surface area contributed by atoms with Gasteiger partial charge in [0.1, 0.15) is 0 Å². The number of ketones is 1. The molecule has 0 aliphatic heterocycles. The first-order chi connectivity index (χ1) is 9.65. The molecule has 1 saturated carbocycles. The molecule has 1 aliphatic carbocycles. The van der Waals surface area contributed by atoms with E-state index in [0.717, 1.165) is 43.3 Å². The van der Waals surface area contributed by atoms with E-state index in [0.29, 0.717) is 6.42 Å². The Morgan fingerprint density at radius 2 is 2.15 bits per heavy atom. The van der Waals surface area contributed by atoms with E-state index in [4.69, 9.17) is 4.74 Å². The number of hydrogen-bond acceptors (Lipinski definition) is 3. The van der Waals surface area contributed by atoms with Crippen LogP contribution in [0.2, 0.25) is 0 Å². The molecule has 1 aromatic rings. The topological polar surface area (TPSA) is 29.5 Å². The van der Waals surface area contributed by atoms with Gasteiger partial charge in [0.2, 0.25) is 0 Å². The van der Waals surface area contributed by atoms with Crippen molar-refractivity contribution in [2.24, 2.45) is 5.92 Å². The van der Waals surface area contributed by atoms with Gasteiger partial charge in [0.05, 0.1) is 6.61 Å². The minimum atomic E-state index is 0.222. The molecule has 0 atom stereocenters. The highest BCUT2D eigenvalue weighted by Gasteiger charge is 2.20. The van der Waals surface area contributed by atoms with Crippen molar-refractivity contribution in [3.63, 3.8) is 0 Å². The van der Waals surface area contributed by atoms with E-state index in [1.165, 1.54) is 12.8 Å². The van der Waals surface area contributed by atoms with Crippen LogP contribution in [0.3, 0.4) is 0 Å². The number of carbonyl (C=O) groups excluding carboxylic acids is 1. The normalized spacial score (nSPS) is 14.8. The van der Waals surface area contributed by atoms with Crippen LogP contribution in [0.4, 0.5) is 0 Å². The van der Waals surface area contributed by atoms with Crippen molar-refractivity contribution >= 4 is 5.78 Å². The van der Waals surface area contributed by atoms with E-state index in [1.54, 1.807) is 0 Å². The molecule has 0 amide bonds. The Morgan fingerprint density at radius 3 is 2.85 bits per heavy atom. The third kappa shape index (κ3) is 5.43. The van der Waals surface area contributed by atoms with Crippen molar-refractivity contribution in [3.8, 4) is 0 Å². The Labute approximate surface area is 121 Å². The summed E-state index contributed by atoms with van der Waals surface area (Å²) in [7, 11) is 2.05. The Balaban J connectivity index is 1.61. The van der Waals surface area contributed by atoms with Crippen LogP contribution in [0.15, 0.2) is 24.3 Å². The molecule has 0 spiro atoms. The van der Waals surface area contributed by atoms with Gasteiger partial charge in [-0.25, -0.2) is 0 Å². The van der Waals surface area contributed by atoms with Crippen LogP contribution in [-0.4, -0.2) is 44.0 Å². The SMILES string of the molecule is Cc1cccc(C(=O)CCN(C)CCOCC2CC2)c1. The van der Waals surface area contributed by atoms with Gasteiger partial charge in [0.25, 0.3) is 0 Å². The fourth-order valence-corrected chi connectivity index (χ4v) is 2.12. The quantitative estimate of drug-likeness (QED) is 0.512. The van der Waals surface area contributed by atoms with Crippen molar-refractivity contribution in [2.45, 2.75) is 26.2 Å². The van der Waals surface area contributed by atoms with Gasteiger partial charge in [-0.05, 0) is 38.8 Å². The lowest BCUT2D eigenvalue weighted by Crippen LogP contribution is -2.26. The summed E-state index contributed by atoms with van der Waals surface area (Å²) in [6.07, 6.45) is 3.24. The summed E-state index contributed by atoms with van der Waals surface area (Å²) in [4.78, 5) is 14.2. The van der Waals surface area contributed by atoms with Crippen molar-refractivity contribution in [2.75, 3.05) is 33.4 Å². The summed E-state index contributed by atoms with van der Waals surface area (Å²) in [6, 6.07) is 7.81. The number of ether oxygens (including phenoxy) is 1. The smallest absolute Gasteiger partial charge is 0.164 e. The van der Waals surface area contributed by atoms with Crippen LogP contribution in [0.25, 0.3) is 0 Å². The summed E-state index contributed by atoms with van der Waals surface area (Å²) >= 11 is 0. The van der Waals surface area contributed by atoms with Gasteiger partial charge in [-0.1, -0.05) is 23.8 Å². The predicted molar refractivity (Wildman–Crippen MR) is 81.2 cm³/mol. The first kappa shape index (κ1) is 15.2. The molecule has 0 radical (unpaired) electrons. The molecular weight excluding hydrogens is 250 g/mol. The number of nitrogens with zero attached hydrogens (tertiary/aromatic N) is 1. The standard InChI is InChI=1S/C17H25NO2/c1-14-4-3-5-16(12-14)17(19)8-9-18(2)10-11-20-13-15-6-7-15/h3-5,12,15H,6-11,13H2,1-2H3. The maximum atomic E-state index is 12.1. The average Bonchev–Trinajstić information content (AvgIpc) is 3.25. The van der Waals surface area contributed by atoms with Crippen molar-refractivity contribution < 1.29 is 9.53 Å². The lowest BCUT2D eigenvalue weighted by atomic mass is 10.1. The maximum absolute atomic E-state index is 12.1. The molecule has 1 aliphatic rings. The van der Waals surface area contributed by atoms with Gasteiger partial charge >= 0.3 is 0 Å². The number of benzene rings is 1. The molecule has 0 saturated heterocycles. The third-order valence-corrected chi connectivity index (χ3v) is 3.73. The Hall–Kier alpha value is -1.19. The summed E-state index contributed by atoms with van der Waals surface area (Å²) in [6.45, 7) is 5.38. The highest BCUT2D eigenvalue weighted by molar-refractivity contribution is 5.96. The number of likely N-dealkylation sites (N-methyl/N-ethyl adjacent to an activating group) is 1. The zero-order valence-electron chi connectivity index (χ0n) is 12.6. The van der Waals surface area contributed by atoms with Gasteiger partial charge < -0.3 is 9.64 Å². The van der Waals surface area contributed by atoms with Crippen molar-refractivity contribution in [3.05, 3.63) is 35.4 Å². The first-order valence-electron chi connectivity index (χ1n) is 7.51. The number of Topliss-reactive ketones (excluding diaryl/α,β-unsaturated/α-hetero) is 1. The number of aryl methyl sites for hydroxylation is 1. The largest absolute Gasteiger partial charge is 0.380 e. The third-order valence-electron chi connectivity index (χ3n) is 3.73. The minimum absolute atomic E-state index is 0.222. The van der Waals surface area contributed by atoms with E-state index in [-0.39, 0.29) is 5.78 Å². The molecule has 0 heterocycles. The monoisotopic (exact) mass is 275 g/mol. The van der Waals surface area contributed by atoms with Crippen LogP contribution in [-0.2, 0) is 4.74 Å². The van der Waals surface area contributed by atoms with Crippen molar-refractivity contribution in [1.29, 1.82) is 0 Å². The Morgan fingerprint density at radius 1 is 1.35 bits per heavy atom. The molecule has 110 valence electrons. The van der Waals surface area contributed by atoms with Crippen LogP contribution < -0.4 is 0 Å². The highest BCUT2D eigenvalue weighted by Crippen LogP contribution is 2.28. The predicted octanol–water partition coefficient (Wildman–Crippen LogP) is 2.93. The van der Waals surface area contributed by atoms with E-state index < -0.39 is 0 Å². The lowest BCUT2D eigenvalue weighted by Gasteiger charge is -2.16. The second-order valence-corrected chi connectivity index (χ2v) is 5.86. The van der Waals surface area contributed by atoms with Crippen LogP contribution in [0, 0.1) is 12.8 Å². The Bertz CT molecular complexity index is 440. The fraction of sp³-hybridized carbons (Fsp3) is 0.588. The molecule has 20 heavy (non-hydrogen) atoms. The summed E-state index contributed by atoms with van der Waals surface area (Å²) in [5.74, 6) is 1.04. The number of rotatable bonds is 9. The van der Waals surface area contributed by atoms with Crippen LogP contribution in [0.5, 0.6) is 0 Å². The zero-order chi connectivity index (χ0) is 14.4. The first-order valence-corrected chi connectivity index (χ1v) is 7.51. The minimum Gasteiger partial charge on any atom is -0.380 e. The molecule has 0 N–H and O–H groups in total. The maximum Gasteiger partial charge on any atom is 0.164 e. The summed E-state index contributed by atoms with van der Waals surface area (Å²) in [5, 5.41) is 0. The number of carbonyl (C=O) groups is 1. The van der Waals surface area contributed by atoms with Crippen LogP contribution >= 0.6 is 0 Å². The van der Waals surface area contributed by atoms with Gasteiger partial charge in [-0.3, -0.25) is 4.79 Å². The second-order valence-electron chi connectivity index (χ2n) is 5.86. The van der Waals surface area contributed by atoms with Crippen molar-refractivity contribution in [1.82, 2.24) is 4.90 Å². The molecule has 0 aromatic heterocycles. The molecule has 2 rings (SSSR count). The van der Waals surface area contributed by atoms with E-state index in [9.17, 15) is 4.79 Å². The van der Waals surface area contributed by atoms with E-state index in [1.807, 2.05) is 38.2 Å². The highest BCUT2D eigenvalue weighted by atomic mass is 16.5. The lowest BCUT2D eigenvalue weighted by molar-refractivity contribution is 0.0918. The fourth-order valence-electron chi connectivity index (χ4n) is 2.12. The molecule has 3 heteroatoms. The Kier molecular flexibility index (Phi) is 5.74. The van der Waals surface area contributed by atoms with E-state index in [2.05, 4.69) is 4.90 Å². The molecular formula is C17H25NO2. The second kappa shape index (κ2) is 7.55. The average molecular weight is 275 g/mol. The van der Waals surface area contributed by atoms with Gasteiger partial charge in [-0.15, -0.1) is 0 Å². The molecule has 0 unspecified atom stereocenters. The van der Waals surface area contributed by atoms with Gasteiger partial charge in [0.15, 0.2) is 5.78 Å². The van der Waals surface area contributed by atoms with Gasteiger partial charge in [-0.2, -0.15) is 0 Å². The van der Waals surface area contributed by atoms with E-state index >= 15 is 0 Å². The molecule has 1 aromatic carbocycles. The molecule has 1 fully saturated rings. The zero-order valence-corrected chi connectivity index (χ0v) is 12.6.